The number of carbonyl (C=O) groups is 1. The maximum atomic E-state index is 12.6. The number of carbonyl (C=O) groups excluding carboxylic acids is 1. The zero-order valence-corrected chi connectivity index (χ0v) is 14.4. The minimum Gasteiger partial charge on any atom is -0.429 e. The topological polar surface area (TPSA) is 67.3 Å². The van der Waals surface area contributed by atoms with Crippen LogP contribution in [0, 0.1) is 4.84 Å². The fourth-order valence-corrected chi connectivity index (χ4v) is 4.25. The maximum absolute atomic E-state index is 12.6. The number of ether oxygens (including phenoxy) is 1. The van der Waals surface area contributed by atoms with Crippen LogP contribution in [0.1, 0.15) is 55.3 Å². The standard InChI is InChI=1S/C18H22N2O3S/c21-16(12-4-5-14-15(10-12)23-17(24)20-14)19-13-6-9-22-18(11-13)7-2-1-3-8-18/h4-5,10,13H,1-3,6-9,11H2,(H,19,21)(H,20,24)/t13-/m0/s1. The van der Waals surface area contributed by atoms with Crippen molar-refractivity contribution >= 4 is 29.2 Å². The normalized spacial score (nSPS) is 23.4. The van der Waals surface area contributed by atoms with Crippen molar-refractivity contribution in [3.63, 3.8) is 0 Å². The van der Waals surface area contributed by atoms with Crippen LogP contribution < -0.4 is 5.32 Å². The van der Waals surface area contributed by atoms with Gasteiger partial charge in [-0.3, -0.25) is 4.79 Å². The third-order valence-electron chi connectivity index (χ3n) is 5.28. The second-order valence-electron chi connectivity index (χ2n) is 6.98. The molecule has 0 radical (unpaired) electrons. The number of hydrogen-bond donors (Lipinski definition) is 2. The minimum absolute atomic E-state index is 0.00833. The number of hydrogen-bond acceptors (Lipinski definition) is 4. The van der Waals surface area contributed by atoms with Gasteiger partial charge in [-0.05, 0) is 56.1 Å². The van der Waals surface area contributed by atoms with Crippen LogP contribution in [-0.2, 0) is 4.74 Å². The zero-order valence-electron chi connectivity index (χ0n) is 13.6. The number of benzene rings is 1. The molecule has 2 fully saturated rings. The molecule has 128 valence electrons. The number of aromatic amines is 1. The molecular formula is C18H22N2O3S. The van der Waals surface area contributed by atoms with E-state index in [1.165, 1.54) is 19.3 Å². The molecule has 1 amide bonds. The highest BCUT2D eigenvalue weighted by atomic mass is 32.1. The molecule has 24 heavy (non-hydrogen) atoms. The summed E-state index contributed by atoms with van der Waals surface area (Å²) in [5.41, 5.74) is 2.02. The Kier molecular flexibility index (Phi) is 4.18. The Morgan fingerprint density at radius 1 is 1.29 bits per heavy atom. The Balaban J connectivity index is 1.47. The van der Waals surface area contributed by atoms with Gasteiger partial charge in [0.25, 0.3) is 10.7 Å². The van der Waals surface area contributed by atoms with Crippen LogP contribution in [0.15, 0.2) is 22.6 Å². The first kappa shape index (κ1) is 15.8. The molecule has 5 nitrogen and oxygen atoms in total. The quantitative estimate of drug-likeness (QED) is 0.803. The van der Waals surface area contributed by atoms with Gasteiger partial charge in [-0.1, -0.05) is 19.3 Å². The largest absolute Gasteiger partial charge is 0.429 e. The zero-order chi connectivity index (χ0) is 16.6. The molecule has 1 aliphatic carbocycles. The number of fused-ring (bicyclic) bond motifs is 1. The molecule has 4 rings (SSSR count). The first-order chi connectivity index (χ1) is 11.6. The van der Waals surface area contributed by atoms with E-state index < -0.39 is 0 Å². The molecule has 0 unspecified atom stereocenters. The molecule has 1 aromatic carbocycles. The van der Waals surface area contributed by atoms with Gasteiger partial charge in [-0.2, -0.15) is 0 Å². The van der Waals surface area contributed by atoms with Crippen molar-refractivity contribution in [3.8, 4) is 0 Å². The van der Waals surface area contributed by atoms with Crippen molar-refractivity contribution in [2.24, 2.45) is 0 Å². The Bertz CT molecular complexity index is 798. The predicted molar refractivity (Wildman–Crippen MR) is 93.7 cm³/mol. The summed E-state index contributed by atoms with van der Waals surface area (Å²) in [7, 11) is 0. The fraction of sp³-hybridized carbons (Fsp3) is 0.556. The smallest absolute Gasteiger partial charge is 0.266 e. The van der Waals surface area contributed by atoms with E-state index in [4.69, 9.17) is 21.4 Å². The molecule has 2 aromatic rings. The Morgan fingerprint density at radius 3 is 2.96 bits per heavy atom. The van der Waals surface area contributed by atoms with Gasteiger partial charge in [-0.25, -0.2) is 0 Å². The van der Waals surface area contributed by atoms with Gasteiger partial charge in [0.05, 0.1) is 11.1 Å². The molecule has 6 heteroatoms. The highest BCUT2D eigenvalue weighted by Crippen LogP contribution is 2.38. The fourth-order valence-electron chi connectivity index (χ4n) is 4.05. The summed E-state index contributed by atoms with van der Waals surface area (Å²) >= 11 is 4.98. The summed E-state index contributed by atoms with van der Waals surface area (Å²) in [6.07, 6.45) is 7.80. The molecule has 2 heterocycles. The maximum Gasteiger partial charge on any atom is 0.266 e. The molecule has 1 saturated carbocycles. The molecule has 2 N–H and O–H groups in total. The van der Waals surface area contributed by atoms with Crippen LogP contribution in [0.5, 0.6) is 0 Å². The van der Waals surface area contributed by atoms with E-state index in [-0.39, 0.29) is 17.6 Å². The second kappa shape index (κ2) is 6.33. The van der Waals surface area contributed by atoms with E-state index in [1.807, 2.05) is 6.07 Å². The lowest BCUT2D eigenvalue weighted by molar-refractivity contribution is -0.107. The number of rotatable bonds is 2. The molecule has 0 bridgehead atoms. The van der Waals surface area contributed by atoms with E-state index in [0.717, 1.165) is 37.8 Å². The number of aromatic nitrogens is 1. The Morgan fingerprint density at radius 2 is 2.12 bits per heavy atom. The lowest BCUT2D eigenvalue weighted by atomic mass is 9.78. The Labute approximate surface area is 145 Å². The second-order valence-corrected chi connectivity index (χ2v) is 7.35. The average molecular weight is 346 g/mol. The predicted octanol–water partition coefficient (Wildman–Crippen LogP) is 4.10. The number of nitrogens with one attached hydrogen (secondary N) is 2. The first-order valence-electron chi connectivity index (χ1n) is 8.71. The van der Waals surface area contributed by atoms with Gasteiger partial charge in [0, 0.05) is 18.2 Å². The van der Waals surface area contributed by atoms with Gasteiger partial charge in [0.2, 0.25) is 0 Å². The van der Waals surface area contributed by atoms with Gasteiger partial charge in [0.1, 0.15) is 0 Å². The van der Waals surface area contributed by atoms with Gasteiger partial charge in [-0.15, -0.1) is 0 Å². The number of H-pyrrole nitrogens is 1. The van der Waals surface area contributed by atoms with E-state index in [2.05, 4.69) is 10.3 Å². The third kappa shape index (κ3) is 3.13. The molecule has 2 aliphatic rings. The van der Waals surface area contributed by atoms with Crippen LogP contribution in [0.4, 0.5) is 0 Å². The summed E-state index contributed by atoms with van der Waals surface area (Å²) in [5, 5.41) is 3.18. The SMILES string of the molecule is O=C(N[C@H]1CCOC2(CCCCC2)C1)c1ccc2[nH]c(=S)oc2c1. The minimum atomic E-state index is -0.0583. The van der Waals surface area contributed by atoms with Crippen LogP contribution in [0.3, 0.4) is 0 Å². The van der Waals surface area contributed by atoms with Crippen LogP contribution >= 0.6 is 12.2 Å². The monoisotopic (exact) mass is 346 g/mol. The molecule has 1 spiro atoms. The molecular weight excluding hydrogens is 324 g/mol. The third-order valence-corrected chi connectivity index (χ3v) is 5.46. The van der Waals surface area contributed by atoms with E-state index in [0.29, 0.717) is 16.0 Å². The summed E-state index contributed by atoms with van der Waals surface area (Å²) in [6.45, 7) is 0.733. The van der Waals surface area contributed by atoms with E-state index in [9.17, 15) is 4.79 Å². The van der Waals surface area contributed by atoms with Crippen LogP contribution in [0.25, 0.3) is 11.1 Å². The average Bonchev–Trinajstić information content (AvgIpc) is 2.94. The van der Waals surface area contributed by atoms with Crippen molar-refractivity contribution in [2.45, 2.75) is 56.6 Å². The number of amides is 1. The summed E-state index contributed by atoms with van der Waals surface area (Å²) < 4.78 is 11.5. The lowest BCUT2D eigenvalue weighted by Crippen LogP contribution is -2.49. The molecule has 1 aromatic heterocycles. The molecule has 1 saturated heterocycles. The van der Waals surface area contributed by atoms with E-state index in [1.54, 1.807) is 12.1 Å². The van der Waals surface area contributed by atoms with Crippen molar-refractivity contribution in [3.05, 3.63) is 28.6 Å². The van der Waals surface area contributed by atoms with Crippen molar-refractivity contribution in [2.75, 3.05) is 6.61 Å². The van der Waals surface area contributed by atoms with Crippen molar-refractivity contribution in [1.82, 2.24) is 10.3 Å². The van der Waals surface area contributed by atoms with Gasteiger partial charge >= 0.3 is 0 Å². The van der Waals surface area contributed by atoms with Crippen molar-refractivity contribution < 1.29 is 13.9 Å². The highest BCUT2D eigenvalue weighted by Gasteiger charge is 2.38. The van der Waals surface area contributed by atoms with Gasteiger partial charge in [0.15, 0.2) is 5.58 Å². The van der Waals surface area contributed by atoms with Crippen LogP contribution in [0.2, 0.25) is 0 Å². The molecule has 1 aliphatic heterocycles. The molecule has 1 atom stereocenters. The Hall–Kier alpha value is -1.66. The van der Waals surface area contributed by atoms with Crippen LogP contribution in [-0.4, -0.2) is 29.1 Å². The summed E-state index contributed by atoms with van der Waals surface area (Å²) in [4.78, 5) is 15.9. The number of oxazole rings is 1. The lowest BCUT2D eigenvalue weighted by Gasteiger charge is -2.43. The summed E-state index contributed by atoms with van der Waals surface area (Å²) in [5.74, 6) is -0.0583. The van der Waals surface area contributed by atoms with E-state index >= 15 is 0 Å². The van der Waals surface area contributed by atoms with Crippen molar-refractivity contribution in [1.29, 1.82) is 0 Å². The first-order valence-corrected chi connectivity index (χ1v) is 9.12. The van der Waals surface area contributed by atoms with Gasteiger partial charge < -0.3 is 19.5 Å². The summed E-state index contributed by atoms with van der Waals surface area (Å²) in [6, 6.07) is 5.55. The highest BCUT2D eigenvalue weighted by molar-refractivity contribution is 7.71.